The summed E-state index contributed by atoms with van der Waals surface area (Å²) in [5.41, 5.74) is 1.25. The largest absolute Gasteiger partial charge is 0.497 e. The highest BCUT2D eigenvalue weighted by molar-refractivity contribution is 5.42. The number of likely N-dealkylation sites (tertiary alicyclic amines) is 1. The van der Waals surface area contributed by atoms with Crippen LogP contribution in [0.3, 0.4) is 0 Å². The Balaban J connectivity index is 2.12. The van der Waals surface area contributed by atoms with Crippen LogP contribution in [-0.4, -0.2) is 43.9 Å². The molecule has 1 N–H and O–H groups in total. The SMILES string of the molecule is COc1ccc(C2CCCN2CCCCO)c(OC)c1. The highest BCUT2D eigenvalue weighted by Crippen LogP contribution is 2.38. The van der Waals surface area contributed by atoms with E-state index in [9.17, 15) is 0 Å². The molecule has 1 atom stereocenters. The summed E-state index contributed by atoms with van der Waals surface area (Å²) in [7, 11) is 3.38. The maximum Gasteiger partial charge on any atom is 0.127 e. The van der Waals surface area contributed by atoms with Gasteiger partial charge in [-0.3, -0.25) is 4.90 Å². The molecule has 0 aliphatic carbocycles. The van der Waals surface area contributed by atoms with E-state index in [-0.39, 0.29) is 6.61 Å². The molecule has 20 heavy (non-hydrogen) atoms. The molecule has 1 aromatic carbocycles. The minimum absolute atomic E-state index is 0.282. The van der Waals surface area contributed by atoms with Crippen LogP contribution in [0.2, 0.25) is 0 Å². The quantitative estimate of drug-likeness (QED) is 0.779. The van der Waals surface area contributed by atoms with Crippen LogP contribution in [0.1, 0.15) is 37.3 Å². The topological polar surface area (TPSA) is 41.9 Å². The molecular formula is C16H25NO3. The molecule has 4 nitrogen and oxygen atoms in total. The van der Waals surface area contributed by atoms with Crippen molar-refractivity contribution < 1.29 is 14.6 Å². The van der Waals surface area contributed by atoms with Gasteiger partial charge in [0.15, 0.2) is 0 Å². The van der Waals surface area contributed by atoms with Crippen LogP contribution >= 0.6 is 0 Å². The van der Waals surface area contributed by atoms with Gasteiger partial charge in [-0.15, -0.1) is 0 Å². The van der Waals surface area contributed by atoms with E-state index in [1.54, 1.807) is 14.2 Å². The number of unbranched alkanes of at least 4 members (excludes halogenated alkanes) is 1. The lowest BCUT2D eigenvalue weighted by atomic mass is 10.0. The molecule has 1 fully saturated rings. The average molecular weight is 279 g/mol. The van der Waals surface area contributed by atoms with E-state index in [1.165, 1.54) is 18.4 Å². The fraction of sp³-hybridized carbons (Fsp3) is 0.625. The van der Waals surface area contributed by atoms with Gasteiger partial charge in [0.05, 0.1) is 14.2 Å². The summed E-state index contributed by atoms with van der Waals surface area (Å²) < 4.78 is 10.8. The Kier molecular flexibility index (Phi) is 5.68. The van der Waals surface area contributed by atoms with Gasteiger partial charge in [-0.05, 0) is 44.8 Å². The molecule has 0 radical (unpaired) electrons. The molecule has 0 spiro atoms. The van der Waals surface area contributed by atoms with Crippen molar-refractivity contribution in [3.05, 3.63) is 23.8 Å². The van der Waals surface area contributed by atoms with E-state index in [1.807, 2.05) is 12.1 Å². The summed E-state index contributed by atoms with van der Waals surface area (Å²) >= 11 is 0. The van der Waals surface area contributed by atoms with Gasteiger partial charge in [0, 0.05) is 24.3 Å². The van der Waals surface area contributed by atoms with Gasteiger partial charge >= 0.3 is 0 Å². The van der Waals surface area contributed by atoms with Crippen LogP contribution in [-0.2, 0) is 0 Å². The minimum Gasteiger partial charge on any atom is -0.497 e. The Bertz CT molecular complexity index is 422. The van der Waals surface area contributed by atoms with Crippen molar-refractivity contribution in [1.29, 1.82) is 0 Å². The molecule has 1 unspecified atom stereocenters. The Labute approximate surface area is 121 Å². The number of aliphatic hydroxyl groups excluding tert-OH is 1. The molecule has 1 saturated heterocycles. The lowest BCUT2D eigenvalue weighted by Crippen LogP contribution is -2.25. The van der Waals surface area contributed by atoms with Crippen LogP contribution in [0.4, 0.5) is 0 Å². The molecule has 4 heteroatoms. The molecule has 1 aromatic rings. The van der Waals surface area contributed by atoms with Crippen molar-refractivity contribution >= 4 is 0 Å². The van der Waals surface area contributed by atoms with E-state index in [0.29, 0.717) is 6.04 Å². The third kappa shape index (κ3) is 3.44. The second-order valence-electron chi connectivity index (χ2n) is 5.23. The molecule has 112 valence electrons. The number of methoxy groups -OCH3 is 2. The highest BCUT2D eigenvalue weighted by atomic mass is 16.5. The van der Waals surface area contributed by atoms with Gasteiger partial charge in [-0.1, -0.05) is 6.07 Å². The molecule has 1 aliphatic rings. The van der Waals surface area contributed by atoms with Gasteiger partial charge in [-0.2, -0.15) is 0 Å². The zero-order chi connectivity index (χ0) is 14.4. The molecule has 0 amide bonds. The number of hydrogen-bond donors (Lipinski definition) is 1. The number of rotatable bonds is 7. The second-order valence-corrected chi connectivity index (χ2v) is 5.23. The van der Waals surface area contributed by atoms with Gasteiger partial charge in [0.1, 0.15) is 11.5 Å². The summed E-state index contributed by atoms with van der Waals surface area (Å²) in [5, 5.41) is 8.91. The van der Waals surface area contributed by atoms with E-state index >= 15 is 0 Å². The van der Waals surface area contributed by atoms with Crippen molar-refractivity contribution in [3.63, 3.8) is 0 Å². The Morgan fingerprint density at radius 2 is 2.10 bits per heavy atom. The number of hydrogen-bond acceptors (Lipinski definition) is 4. The third-order valence-electron chi connectivity index (χ3n) is 4.02. The third-order valence-corrected chi connectivity index (χ3v) is 4.02. The maximum atomic E-state index is 8.91. The van der Waals surface area contributed by atoms with Crippen molar-refractivity contribution in [2.24, 2.45) is 0 Å². The molecular weight excluding hydrogens is 254 g/mol. The lowest BCUT2D eigenvalue weighted by Gasteiger charge is -2.26. The van der Waals surface area contributed by atoms with Gasteiger partial charge in [0.25, 0.3) is 0 Å². The van der Waals surface area contributed by atoms with Crippen molar-refractivity contribution in [2.45, 2.75) is 31.7 Å². The summed E-state index contributed by atoms with van der Waals surface area (Å²) in [6.07, 6.45) is 4.31. The number of ether oxygens (including phenoxy) is 2. The van der Waals surface area contributed by atoms with Crippen LogP contribution in [0.15, 0.2) is 18.2 Å². The summed E-state index contributed by atoms with van der Waals surface area (Å²) in [5.74, 6) is 1.74. The monoisotopic (exact) mass is 279 g/mol. The van der Waals surface area contributed by atoms with Crippen molar-refractivity contribution in [3.8, 4) is 11.5 Å². The van der Waals surface area contributed by atoms with Crippen molar-refractivity contribution in [2.75, 3.05) is 33.9 Å². The van der Waals surface area contributed by atoms with E-state index in [4.69, 9.17) is 14.6 Å². The minimum atomic E-state index is 0.282. The standard InChI is InChI=1S/C16H25NO3/c1-19-13-7-8-14(16(12-13)20-2)15-6-5-10-17(15)9-3-4-11-18/h7-8,12,15,18H,3-6,9-11H2,1-2H3. The molecule has 2 rings (SSSR count). The zero-order valence-electron chi connectivity index (χ0n) is 12.5. The number of aliphatic hydroxyl groups is 1. The van der Waals surface area contributed by atoms with E-state index in [0.717, 1.165) is 37.4 Å². The number of nitrogens with zero attached hydrogens (tertiary/aromatic N) is 1. The van der Waals surface area contributed by atoms with Gasteiger partial charge in [0.2, 0.25) is 0 Å². The summed E-state index contributed by atoms with van der Waals surface area (Å²) in [4.78, 5) is 2.50. The van der Waals surface area contributed by atoms with Crippen LogP contribution in [0.5, 0.6) is 11.5 Å². The lowest BCUT2D eigenvalue weighted by molar-refractivity contribution is 0.227. The Hall–Kier alpha value is -1.26. The predicted octanol–water partition coefficient (Wildman–Crippen LogP) is 2.61. The summed E-state index contributed by atoms with van der Waals surface area (Å²) in [6, 6.07) is 6.50. The van der Waals surface area contributed by atoms with E-state index < -0.39 is 0 Å². The van der Waals surface area contributed by atoms with Crippen LogP contribution in [0.25, 0.3) is 0 Å². The normalized spacial score (nSPS) is 19.2. The van der Waals surface area contributed by atoms with E-state index in [2.05, 4.69) is 11.0 Å². The second kappa shape index (κ2) is 7.50. The number of benzene rings is 1. The van der Waals surface area contributed by atoms with Crippen LogP contribution < -0.4 is 9.47 Å². The van der Waals surface area contributed by atoms with Crippen molar-refractivity contribution in [1.82, 2.24) is 4.90 Å². The molecule has 0 aromatic heterocycles. The first kappa shape index (κ1) is 15.1. The first-order valence-corrected chi connectivity index (χ1v) is 7.37. The average Bonchev–Trinajstić information content (AvgIpc) is 2.95. The molecule has 0 saturated carbocycles. The highest BCUT2D eigenvalue weighted by Gasteiger charge is 2.27. The first-order chi connectivity index (χ1) is 9.80. The fourth-order valence-corrected chi connectivity index (χ4v) is 2.97. The van der Waals surface area contributed by atoms with Crippen LogP contribution in [0, 0.1) is 0 Å². The molecule has 0 bridgehead atoms. The van der Waals surface area contributed by atoms with Gasteiger partial charge < -0.3 is 14.6 Å². The Morgan fingerprint density at radius 1 is 1.25 bits per heavy atom. The zero-order valence-corrected chi connectivity index (χ0v) is 12.5. The fourth-order valence-electron chi connectivity index (χ4n) is 2.97. The molecule has 1 heterocycles. The smallest absolute Gasteiger partial charge is 0.127 e. The predicted molar refractivity (Wildman–Crippen MR) is 79.4 cm³/mol. The summed E-state index contributed by atoms with van der Waals surface area (Å²) in [6.45, 7) is 2.45. The van der Waals surface area contributed by atoms with Gasteiger partial charge in [-0.25, -0.2) is 0 Å². The first-order valence-electron chi connectivity index (χ1n) is 7.37. The Morgan fingerprint density at radius 3 is 2.80 bits per heavy atom. The maximum absolute atomic E-state index is 8.91. The molecule has 1 aliphatic heterocycles.